The number of H-pyrrole nitrogens is 1. The van der Waals surface area contributed by atoms with Gasteiger partial charge >= 0.3 is 5.97 Å². The third-order valence-electron chi connectivity index (χ3n) is 2.92. The summed E-state index contributed by atoms with van der Waals surface area (Å²) < 4.78 is 6.36. The van der Waals surface area contributed by atoms with E-state index in [4.69, 9.17) is 4.74 Å². The first-order valence-corrected chi connectivity index (χ1v) is 6.72. The number of nitrogens with zero attached hydrogens (tertiary/aromatic N) is 1. The molecule has 5 nitrogen and oxygen atoms in total. The van der Waals surface area contributed by atoms with E-state index < -0.39 is 0 Å². The summed E-state index contributed by atoms with van der Waals surface area (Å²) in [7, 11) is 0. The monoisotopic (exact) mass is 274 g/mol. The molecule has 0 spiro atoms. The van der Waals surface area contributed by atoms with Crippen molar-refractivity contribution in [3.05, 3.63) is 52.4 Å². The molecule has 1 heterocycles. The Labute approximate surface area is 117 Å². The van der Waals surface area contributed by atoms with Crippen molar-refractivity contribution in [2.45, 2.75) is 26.2 Å². The lowest BCUT2D eigenvalue weighted by Crippen LogP contribution is -2.12. The topological polar surface area (TPSA) is 64.1 Å². The van der Waals surface area contributed by atoms with E-state index in [2.05, 4.69) is 5.10 Å². The lowest BCUT2D eigenvalue weighted by Gasteiger charge is -2.02. The van der Waals surface area contributed by atoms with Crippen molar-refractivity contribution in [1.82, 2.24) is 9.78 Å². The molecular formula is C15H18N2O3. The fourth-order valence-corrected chi connectivity index (χ4v) is 2.00. The first kappa shape index (κ1) is 14.1. The van der Waals surface area contributed by atoms with Gasteiger partial charge in [0.2, 0.25) is 0 Å². The van der Waals surface area contributed by atoms with Crippen LogP contribution in [0.5, 0.6) is 0 Å². The minimum Gasteiger partial charge on any atom is -0.466 e. The van der Waals surface area contributed by atoms with Crippen molar-refractivity contribution in [2.24, 2.45) is 0 Å². The van der Waals surface area contributed by atoms with Gasteiger partial charge in [-0.05, 0) is 31.9 Å². The summed E-state index contributed by atoms with van der Waals surface area (Å²) in [4.78, 5) is 23.1. The van der Waals surface area contributed by atoms with Crippen LogP contribution in [0.1, 0.15) is 25.5 Å². The highest BCUT2D eigenvalue weighted by molar-refractivity contribution is 5.69. The first-order valence-electron chi connectivity index (χ1n) is 6.72. The number of hydrogen-bond donors (Lipinski definition) is 1. The van der Waals surface area contributed by atoms with Gasteiger partial charge in [-0.25, -0.2) is 4.68 Å². The second kappa shape index (κ2) is 6.75. The number of ether oxygens (including phenoxy) is 1. The van der Waals surface area contributed by atoms with Gasteiger partial charge in [0.1, 0.15) is 0 Å². The van der Waals surface area contributed by atoms with Gasteiger partial charge in [-0.1, -0.05) is 18.2 Å². The molecule has 0 amide bonds. The molecule has 0 unspecified atom stereocenters. The standard InChI is InChI=1S/C15H18N2O3/c1-2-20-15(19)10-6-7-12-11-14(18)17(16-12)13-8-4-3-5-9-13/h3-5,8-9,11,16H,2,6-7,10H2,1H3. The van der Waals surface area contributed by atoms with Crippen molar-refractivity contribution in [1.29, 1.82) is 0 Å². The van der Waals surface area contributed by atoms with Gasteiger partial charge in [-0.15, -0.1) is 0 Å². The van der Waals surface area contributed by atoms with Crippen molar-refractivity contribution >= 4 is 5.97 Å². The summed E-state index contributed by atoms with van der Waals surface area (Å²) in [5, 5.41) is 3.06. The average Bonchev–Trinajstić information content (AvgIpc) is 2.81. The van der Waals surface area contributed by atoms with E-state index in [1.165, 1.54) is 4.68 Å². The second-order valence-corrected chi connectivity index (χ2v) is 4.45. The molecule has 1 N–H and O–H groups in total. The van der Waals surface area contributed by atoms with E-state index in [0.717, 1.165) is 11.4 Å². The van der Waals surface area contributed by atoms with Crippen LogP contribution in [-0.2, 0) is 16.0 Å². The molecule has 0 bridgehead atoms. The molecule has 0 aliphatic heterocycles. The molecule has 0 aliphatic rings. The molecule has 0 fully saturated rings. The molecule has 5 heteroatoms. The average molecular weight is 274 g/mol. The molecule has 2 rings (SSSR count). The lowest BCUT2D eigenvalue weighted by molar-refractivity contribution is -0.143. The molecular weight excluding hydrogens is 256 g/mol. The molecule has 0 aliphatic carbocycles. The van der Waals surface area contributed by atoms with Crippen LogP contribution in [0.3, 0.4) is 0 Å². The maximum atomic E-state index is 11.9. The highest BCUT2D eigenvalue weighted by Gasteiger charge is 2.06. The number of esters is 1. The molecule has 106 valence electrons. The molecule has 20 heavy (non-hydrogen) atoms. The van der Waals surface area contributed by atoms with E-state index in [-0.39, 0.29) is 11.5 Å². The maximum Gasteiger partial charge on any atom is 0.305 e. The third kappa shape index (κ3) is 3.60. The van der Waals surface area contributed by atoms with E-state index in [0.29, 0.717) is 25.9 Å². The van der Waals surface area contributed by atoms with Crippen LogP contribution in [0.25, 0.3) is 5.69 Å². The maximum absolute atomic E-state index is 11.9. The Kier molecular flexibility index (Phi) is 4.76. The van der Waals surface area contributed by atoms with Crippen molar-refractivity contribution < 1.29 is 9.53 Å². The summed E-state index contributed by atoms with van der Waals surface area (Å²) in [5.74, 6) is -0.197. The number of nitrogens with one attached hydrogen (secondary N) is 1. The Morgan fingerprint density at radius 2 is 2.05 bits per heavy atom. The van der Waals surface area contributed by atoms with E-state index in [1.807, 2.05) is 30.3 Å². The van der Waals surface area contributed by atoms with Crippen LogP contribution in [0, 0.1) is 0 Å². The van der Waals surface area contributed by atoms with Crippen LogP contribution in [0.2, 0.25) is 0 Å². The second-order valence-electron chi connectivity index (χ2n) is 4.45. The Hall–Kier alpha value is -2.30. The normalized spacial score (nSPS) is 10.4. The van der Waals surface area contributed by atoms with E-state index in [9.17, 15) is 9.59 Å². The van der Waals surface area contributed by atoms with Crippen molar-refractivity contribution in [3.8, 4) is 5.69 Å². The van der Waals surface area contributed by atoms with Crippen molar-refractivity contribution in [3.63, 3.8) is 0 Å². The molecule has 2 aromatic rings. The third-order valence-corrected chi connectivity index (χ3v) is 2.92. The summed E-state index contributed by atoms with van der Waals surface area (Å²) >= 11 is 0. The summed E-state index contributed by atoms with van der Waals surface area (Å²) in [6.07, 6.45) is 1.67. The van der Waals surface area contributed by atoms with Gasteiger partial charge in [0, 0.05) is 18.2 Å². The van der Waals surface area contributed by atoms with Crippen LogP contribution < -0.4 is 5.56 Å². The number of carbonyl (C=O) groups is 1. The number of aromatic amines is 1. The SMILES string of the molecule is CCOC(=O)CCCc1cc(=O)n(-c2ccccc2)[nH]1. The van der Waals surface area contributed by atoms with Gasteiger partial charge in [-0.3, -0.25) is 14.7 Å². The van der Waals surface area contributed by atoms with Gasteiger partial charge in [-0.2, -0.15) is 0 Å². The first-order chi connectivity index (χ1) is 9.70. The van der Waals surface area contributed by atoms with E-state index >= 15 is 0 Å². The Morgan fingerprint density at radius 1 is 1.30 bits per heavy atom. The number of aromatic nitrogens is 2. The van der Waals surface area contributed by atoms with Gasteiger partial charge in [0.25, 0.3) is 5.56 Å². The minimum atomic E-state index is -0.197. The molecule has 0 saturated carbocycles. The number of rotatable bonds is 6. The highest BCUT2D eigenvalue weighted by Crippen LogP contribution is 2.06. The van der Waals surface area contributed by atoms with E-state index in [1.54, 1.807) is 13.0 Å². The summed E-state index contributed by atoms with van der Waals surface area (Å²) in [6, 6.07) is 10.9. The summed E-state index contributed by atoms with van der Waals surface area (Å²) in [6.45, 7) is 2.19. The van der Waals surface area contributed by atoms with Crippen molar-refractivity contribution in [2.75, 3.05) is 6.61 Å². The number of aryl methyl sites for hydroxylation is 1. The molecule has 0 radical (unpaired) electrons. The highest BCUT2D eigenvalue weighted by atomic mass is 16.5. The quantitative estimate of drug-likeness (QED) is 0.820. The summed E-state index contributed by atoms with van der Waals surface area (Å²) in [5.41, 5.74) is 1.53. The molecule has 0 atom stereocenters. The molecule has 1 aromatic heterocycles. The zero-order chi connectivity index (χ0) is 14.4. The van der Waals surface area contributed by atoms with Gasteiger partial charge < -0.3 is 4.74 Å². The predicted molar refractivity (Wildman–Crippen MR) is 76.0 cm³/mol. The Morgan fingerprint density at radius 3 is 2.75 bits per heavy atom. The van der Waals surface area contributed by atoms with Crippen LogP contribution >= 0.6 is 0 Å². The van der Waals surface area contributed by atoms with Crippen LogP contribution in [-0.4, -0.2) is 22.4 Å². The number of hydrogen-bond acceptors (Lipinski definition) is 3. The molecule has 1 aromatic carbocycles. The van der Waals surface area contributed by atoms with Gasteiger partial charge in [0.15, 0.2) is 0 Å². The largest absolute Gasteiger partial charge is 0.466 e. The number of benzene rings is 1. The number of para-hydroxylation sites is 1. The fraction of sp³-hybridized carbons (Fsp3) is 0.333. The van der Waals surface area contributed by atoms with Crippen LogP contribution in [0.4, 0.5) is 0 Å². The fourth-order valence-electron chi connectivity index (χ4n) is 2.00. The zero-order valence-corrected chi connectivity index (χ0v) is 11.5. The van der Waals surface area contributed by atoms with Crippen LogP contribution in [0.15, 0.2) is 41.2 Å². The zero-order valence-electron chi connectivity index (χ0n) is 11.5. The Bertz CT molecular complexity index is 614. The number of carbonyl (C=O) groups excluding carboxylic acids is 1. The smallest absolute Gasteiger partial charge is 0.305 e. The predicted octanol–water partition coefficient (Wildman–Crippen LogP) is 2.05. The lowest BCUT2D eigenvalue weighted by atomic mass is 10.2. The molecule has 0 saturated heterocycles. The Balaban J connectivity index is 1.98. The van der Waals surface area contributed by atoms with Gasteiger partial charge in [0.05, 0.1) is 12.3 Å². The minimum absolute atomic E-state index is 0.0951.